The zero-order chi connectivity index (χ0) is 12.0. The molecule has 0 radical (unpaired) electrons. The molecule has 0 heterocycles. The maximum absolute atomic E-state index is 5.24. The molecule has 2 N–H and O–H groups in total. The monoisotopic (exact) mass is 220 g/mol. The predicted molar refractivity (Wildman–Crippen MR) is 64.1 cm³/mol. The van der Waals surface area contributed by atoms with Gasteiger partial charge in [0.25, 0.3) is 0 Å². The first-order chi connectivity index (χ1) is 7.61. The summed E-state index contributed by atoms with van der Waals surface area (Å²) < 4.78 is 0. The molecule has 1 aromatic carbocycles. The van der Waals surface area contributed by atoms with Gasteiger partial charge in [0.05, 0.1) is 0 Å². The van der Waals surface area contributed by atoms with Crippen molar-refractivity contribution in [2.45, 2.75) is 26.9 Å². The summed E-state index contributed by atoms with van der Waals surface area (Å²) in [7, 11) is 0. The van der Waals surface area contributed by atoms with E-state index < -0.39 is 0 Å². The summed E-state index contributed by atoms with van der Waals surface area (Å²) in [5.74, 6) is 5.90. The first kappa shape index (κ1) is 12.5. The van der Waals surface area contributed by atoms with E-state index in [1.165, 1.54) is 5.56 Å². The van der Waals surface area contributed by atoms with Crippen molar-refractivity contribution >= 4 is 0 Å². The van der Waals surface area contributed by atoms with Crippen molar-refractivity contribution in [3.63, 3.8) is 0 Å². The molecule has 0 saturated heterocycles. The fourth-order valence-corrected chi connectivity index (χ4v) is 1.42. The average molecular weight is 220 g/mol. The minimum atomic E-state index is 0.360. The van der Waals surface area contributed by atoms with Crippen molar-refractivity contribution in [2.24, 2.45) is 11.8 Å². The summed E-state index contributed by atoms with van der Waals surface area (Å²) in [4.78, 5) is 8.17. The molecule has 1 aromatic rings. The van der Waals surface area contributed by atoms with Crippen LogP contribution in [0, 0.1) is 12.5 Å². The second-order valence-electron chi connectivity index (χ2n) is 4.11. The van der Waals surface area contributed by atoms with Gasteiger partial charge in [-0.05, 0) is 23.5 Å². The molecule has 0 unspecified atom stereocenters. The van der Waals surface area contributed by atoms with Crippen LogP contribution in [0.5, 0.6) is 0 Å². The highest BCUT2D eigenvalue weighted by Gasteiger charge is 2.03. The molecule has 4 nitrogen and oxygen atoms in total. The highest BCUT2D eigenvalue weighted by Crippen LogP contribution is 2.10. The van der Waals surface area contributed by atoms with E-state index in [-0.39, 0.29) is 0 Å². The molecular formula is C12H18N3O+. The predicted octanol–water partition coefficient (Wildman–Crippen LogP) is 2.37. The molecular weight excluding hydrogens is 202 g/mol. The summed E-state index contributed by atoms with van der Waals surface area (Å²) in [6.45, 7) is 9.68. The minimum Gasteiger partial charge on any atom is -0.192 e. The molecule has 0 bridgehead atoms. The van der Waals surface area contributed by atoms with Crippen LogP contribution in [0.15, 0.2) is 24.3 Å². The van der Waals surface area contributed by atoms with Crippen LogP contribution in [-0.4, -0.2) is 5.28 Å². The molecule has 86 valence electrons. The van der Waals surface area contributed by atoms with Crippen LogP contribution in [0.25, 0.3) is 4.95 Å². The number of nitrogens with zero attached hydrogens (tertiary/aromatic N) is 2. The molecule has 1 rings (SSSR count). The van der Waals surface area contributed by atoms with Crippen LogP contribution < -0.4 is 5.84 Å². The molecule has 0 amide bonds. The Morgan fingerprint density at radius 3 is 2.38 bits per heavy atom. The molecule has 0 aliphatic carbocycles. The quantitative estimate of drug-likeness (QED) is 0.612. The van der Waals surface area contributed by atoms with Crippen molar-refractivity contribution in [1.82, 2.24) is 5.28 Å². The lowest BCUT2D eigenvalue weighted by molar-refractivity contribution is -0.136. The van der Waals surface area contributed by atoms with Gasteiger partial charge in [0.15, 0.2) is 5.28 Å². The Kier molecular flexibility index (Phi) is 4.77. The molecule has 0 aliphatic heterocycles. The molecule has 4 heteroatoms. The second kappa shape index (κ2) is 6.11. The standard InChI is InChI=1S/C12H18N3O/c1-10(2)8-11-4-6-12(7-5-11)9-16-15(13)14-3/h3-7,10H,8-9,13H2,1-2H3/q+1. The van der Waals surface area contributed by atoms with E-state index >= 15 is 0 Å². The first-order valence-electron chi connectivity index (χ1n) is 5.28. The van der Waals surface area contributed by atoms with Crippen LogP contribution in [0.2, 0.25) is 0 Å². The summed E-state index contributed by atoms with van der Waals surface area (Å²) in [6.07, 6.45) is 1.09. The fraction of sp³-hybridized carbons (Fsp3) is 0.417. The van der Waals surface area contributed by atoms with E-state index in [1.807, 2.05) is 12.1 Å². The highest BCUT2D eigenvalue weighted by atomic mass is 16.7. The number of hydrazine groups is 1. The third kappa shape index (κ3) is 4.30. The van der Waals surface area contributed by atoms with Gasteiger partial charge in [-0.25, -0.2) is 0 Å². The Morgan fingerprint density at radius 2 is 1.88 bits per heavy atom. The lowest BCUT2D eigenvalue weighted by Crippen LogP contribution is -2.22. The van der Waals surface area contributed by atoms with Crippen molar-refractivity contribution in [3.05, 3.63) is 40.3 Å². The van der Waals surface area contributed by atoms with E-state index in [9.17, 15) is 0 Å². The lowest BCUT2D eigenvalue weighted by Gasteiger charge is -2.06. The van der Waals surface area contributed by atoms with Gasteiger partial charge in [0, 0.05) is 0 Å². The van der Waals surface area contributed by atoms with E-state index in [0.717, 1.165) is 17.3 Å². The van der Waals surface area contributed by atoms with Crippen LogP contribution >= 0.6 is 0 Å². The normalized spacial score (nSPS) is 10.2. The average Bonchev–Trinajstić information content (AvgIpc) is 2.27. The SMILES string of the molecule is C#[N+]N(N)OCc1ccc(CC(C)C)cc1. The van der Waals surface area contributed by atoms with Gasteiger partial charge < -0.3 is 0 Å². The largest absolute Gasteiger partial charge is 0.309 e. The van der Waals surface area contributed by atoms with Gasteiger partial charge >= 0.3 is 6.57 Å². The van der Waals surface area contributed by atoms with Gasteiger partial charge in [0.2, 0.25) is 0 Å². The summed E-state index contributed by atoms with van der Waals surface area (Å²) in [6, 6.07) is 8.22. The topological polar surface area (TPSA) is 42.8 Å². The van der Waals surface area contributed by atoms with Crippen molar-refractivity contribution in [2.75, 3.05) is 0 Å². The molecule has 0 spiro atoms. The number of benzene rings is 1. The Bertz CT molecular complexity index is 354. The molecule has 0 aromatic heterocycles. The Labute approximate surface area is 96.3 Å². The van der Waals surface area contributed by atoms with E-state index in [1.54, 1.807) is 0 Å². The smallest absolute Gasteiger partial charge is 0.192 e. The van der Waals surface area contributed by atoms with Gasteiger partial charge in [-0.3, -0.25) is 0 Å². The zero-order valence-electron chi connectivity index (χ0n) is 9.76. The van der Waals surface area contributed by atoms with Crippen molar-refractivity contribution in [3.8, 4) is 6.57 Å². The first-order valence-corrected chi connectivity index (χ1v) is 5.28. The number of nitrogens with two attached hydrogens (primary N) is 1. The fourth-order valence-electron chi connectivity index (χ4n) is 1.42. The van der Waals surface area contributed by atoms with Crippen molar-refractivity contribution < 1.29 is 4.84 Å². The zero-order valence-corrected chi connectivity index (χ0v) is 9.76. The second-order valence-corrected chi connectivity index (χ2v) is 4.11. The van der Waals surface area contributed by atoms with Crippen LogP contribution in [-0.2, 0) is 17.9 Å². The van der Waals surface area contributed by atoms with Crippen LogP contribution in [0.1, 0.15) is 25.0 Å². The Morgan fingerprint density at radius 1 is 1.31 bits per heavy atom. The molecule has 0 fully saturated rings. The van der Waals surface area contributed by atoms with Crippen LogP contribution in [0.4, 0.5) is 0 Å². The van der Waals surface area contributed by atoms with Crippen molar-refractivity contribution in [1.29, 1.82) is 0 Å². The minimum absolute atomic E-state index is 0.360. The van der Waals surface area contributed by atoms with Crippen LogP contribution in [0.3, 0.4) is 0 Å². The molecule has 0 saturated carbocycles. The van der Waals surface area contributed by atoms with Gasteiger partial charge in [-0.2, -0.15) is 10.7 Å². The van der Waals surface area contributed by atoms with E-state index in [4.69, 9.17) is 17.3 Å². The Hall–Kier alpha value is -1.57. The third-order valence-electron chi connectivity index (χ3n) is 2.14. The van der Waals surface area contributed by atoms with Gasteiger partial charge in [-0.1, -0.05) is 38.1 Å². The summed E-state index contributed by atoms with van der Waals surface area (Å²) in [5, 5.41) is 0.752. The molecule has 0 aliphatic rings. The third-order valence-corrected chi connectivity index (χ3v) is 2.14. The van der Waals surface area contributed by atoms with Gasteiger partial charge in [0.1, 0.15) is 11.6 Å². The highest BCUT2D eigenvalue weighted by molar-refractivity contribution is 5.22. The number of hydrogen-bond acceptors (Lipinski definition) is 3. The number of hydrogen-bond donors (Lipinski definition) is 1. The maximum Gasteiger partial charge on any atom is 0.309 e. The lowest BCUT2D eigenvalue weighted by atomic mass is 10.0. The maximum atomic E-state index is 5.24. The van der Waals surface area contributed by atoms with E-state index in [2.05, 4.69) is 30.9 Å². The molecule has 16 heavy (non-hydrogen) atoms. The summed E-state index contributed by atoms with van der Waals surface area (Å²) >= 11 is 0. The van der Waals surface area contributed by atoms with E-state index in [0.29, 0.717) is 12.5 Å². The summed E-state index contributed by atoms with van der Waals surface area (Å²) in [5.41, 5.74) is 2.36. The Balaban J connectivity index is 2.49. The number of rotatable bonds is 5. The molecule has 0 atom stereocenters. The van der Waals surface area contributed by atoms with Gasteiger partial charge in [-0.15, -0.1) is 0 Å².